The van der Waals surface area contributed by atoms with E-state index >= 15 is 0 Å². The second-order valence-corrected chi connectivity index (χ2v) is 6.36. The number of carbonyl (C=O) groups excluding carboxylic acids is 1. The van der Waals surface area contributed by atoms with Crippen molar-refractivity contribution >= 4 is 5.91 Å². The van der Waals surface area contributed by atoms with Crippen molar-refractivity contribution in [3.8, 4) is 0 Å². The number of hydrogen-bond acceptors (Lipinski definition) is 3. The van der Waals surface area contributed by atoms with Gasteiger partial charge in [0.05, 0.1) is 5.60 Å². The van der Waals surface area contributed by atoms with Gasteiger partial charge in [-0.2, -0.15) is 0 Å². The Bertz CT molecular complexity index is 242. The highest BCUT2D eigenvalue weighted by molar-refractivity contribution is 5.76. The van der Waals surface area contributed by atoms with Crippen LogP contribution in [-0.4, -0.2) is 28.7 Å². The van der Waals surface area contributed by atoms with Gasteiger partial charge in [0.2, 0.25) is 5.91 Å². The smallest absolute Gasteiger partial charge is 0.220 e. The lowest BCUT2D eigenvalue weighted by Gasteiger charge is -2.26. The molecule has 1 unspecified atom stereocenters. The Labute approximate surface area is 105 Å². The maximum atomic E-state index is 11.5. The summed E-state index contributed by atoms with van der Waals surface area (Å²) in [6.07, 6.45) is 1.72. The molecule has 0 spiro atoms. The lowest BCUT2D eigenvalue weighted by atomic mass is 9.94. The van der Waals surface area contributed by atoms with Gasteiger partial charge in [-0.1, -0.05) is 13.8 Å². The van der Waals surface area contributed by atoms with Crippen LogP contribution in [0.5, 0.6) is 0 Å². The van der Waals surface area contributed by atoms with E-state index in [1.54, 1.807) is 6.92 Å². The minimum absolute atomic E-state index is 0.0486. The Kier molecular flexibility index (Phi) is 6.13. The van der Waals surface area contributed by atoms with E-state index < -0.39 is 5.60 Å². The zero-order valence-electron chi connectivity index (χ0n) is 11.8. The van der Waals surface area contributed by atoms with Crippen LogP contribution in [0.3, 0.4) is 0 Å². The highest BCUT2D eigenvalue weighted by Crippen LogP contribution is 2.15. The van der Waals surface area contributed by atoms with E-state index in [0.717, 1.165) is 0 Å². The van der Waals surface area contributed by atoms with Crippen LogP contribution in [0.2, 0.25) is 0 Å². The van der Waals surface area contributed by atoms with Gasteiger partial charge < -0.3 is 16.2 Å². The maximum absolute atomic E-state index is 11.5. The topological polar surface area (TPSA) is 75.3 Å². The zero-order chi connectivity index (χ0) is 13.7. The fourth-order valence-electron chi connectivity index (χ4n) is 1.76. The molecule has 0 fully saturated rings. The third-order valence-corrected chi connectivity index (χ3v) is 2.51. The Morgan fingerprint density at radius 1 is 1.35 bits per heavy atom. The number of amides is 1. The standard InChI is InChI=1S/C13H28N2O2/c1-10(2)8-13(5,17)9-15-11(16)6-7-12(3,4)14/h10,17H,6-9,14H2,1-5H3,(H,15,16). The molecule has 4 N–H and O–H groups in total. The molecular weight excluding hydrogens is 216 g/mol. The van der Waals surface area contributed by atoms with Crippen molar-refractivity contribution in [2.75, 3.05) is 6.54 Å². The fraction of sp³-hybridized carbons (Fsp3) is 0.923. The monoisotopic (exact) mass is 244 g/mol. The van der Waals surface area contributed by atoms with Gasteiger partial charge in [0.15, 0.2) is 0 Å². The van der Waals surface area contributed by atoms with Crippen molar-refractivity contribution in [1.82, 2.24) is 5.32 Å². The van der Waals surface area contributed by atoms with Gasteiger partial charge in [-0.3, -0.25) is 4.79 Å². The molecule has 0 radical (unpaired) electrons. The number of nitrogens with two attached hydrogens (primary N) is 1. The van der Waals surface area contributed by atoms with Gasteiger partial charge in [-0.05, 0) is 39.5 Å². The van der Waals surface area contributed by atoms with Gasteiger partial charge in [-0.15, -0.1) is 0 Å². The lowest BCUT2D eigenvalue weighted by Crippen LogP contribution is -2.42. The first kappa shape index (κ1) is 16.4. The summed E-state index contributed by atoms with van der Waals surface area (Å²) in [7, 11) is 0. The Morgan fingerprint density at radius 2 is 1.88 bits per heavy atom. The summed E-state index contributed by atoms with van der Waals surface area (Å²) in [6, 6.07) is 0. The van der Waals surface area contributed by atoms with E-state index in [-0.39, 0.29) is 11.4 Å². The van der Waals surface area contributed by atoms with E-state index in [4.69, 9.17) is 5.73 Å². The molecule has 0 rings (SSSR count). The Hall–Kier alpha value is -0.610. The molecule has 0 aromatic rings. The van der Waals surface area contributed by atoms with Crippen molar-refractivity contribution in [3.63, 3.8) is 0 Å². The predicted molar refractivity (Wildman–Crippen MR) is 70.6 cm³/mol. The van der Waals surface area contributed by atoms with E-state index in [0.29, 0.717) is 31.7 Å². The van der Waals surface area contributed by atoms with E-state index in [1.165, 1.54) is 0 Å². The maximum Gasteiger partial charge on any atom is 0.220 e. The summed E-state index contributed by atoms with van der Waals surface area (Å²) in [5.41, 5.74) is 4.65. The third-order valence-electron chi connectivity index (χ3n) is 2.51. The second-order valence-electron chi connectivity index (χ2n) is 6.36. The first-order valence-electron chi connectivity index (χ1n) is 6.30. The average molecular weight is 244 g/mol. The summed E-state index contributed by atoms with van der Waals surface area (Å²) in [6.45, 7) is 9.94. The quantitative estimate of drug-likeness (QED) is 0.634. The lowest BCUT2D eigenvalue weighted by molar-refractivity contribution is -0.122. The molecule has 102 valence electrons. The van der Waals surface area contributed by atoms with E-state index in [9.17, 15) is 9.90 Å². The first-order valence-corrected chi connectivity index (χ1v) is 6.30. The molecular formula is C13H28N2O2. The summed E-state index contributed by atoms with van der Waals surface area (Å²) in [5, 5.41) is 12.8. The van der Waals surface area contributed by atoms with Gasteiger partial charge in [-0.25, -0.2) is 0 Å². The molecule has 0 aromatic carbocycles. The number of nitrogens with one attached hydrogen (secondary N) is 1. The molecule has 0 aliphatic heterocycles. The number of hydrogen-bond donors (Lipinski definition) is 3. The Morgan fingerprint density at radius 3 is 2.29 bits per heavy atom. The summed E-state index contributed by atoms with van der Waals surface area (Å²) < 4.78 is 0. The largest absolute Gasteiger partial charge is 0.388 e. The van der Waals surface area contributed by atoms with Crippen LogP contribution in [0.15, 0.2) is 0 Å². The van der Waals surface area contributed by atoms with Crippen molar-refractivity contribution < 1.29 is 9.90 Å². The van der Waals surface area contributed by atoms with E-state index in [2.05, 4.69) is 5.32 Å². The Balaban J connectivity index is 3.91. The summed E-state index contributed by atoms with van der Waals surface area (Å²) >= 11 is 0. The average Bonchev–Trinajstić information content (AvgIpc) is 2.08. The van der Waals surface area contributed by atoms with Crippen LogP contribution in [0.1, 0.15) is 53.9 Å². The molecule has 0 aromatic heterocycles. The minimum Gasteiger partial charge on any atom is -0.388 e. The van der Waals surface area contributed by atoms with Crippen LogP contribution >= 0.6 is 0 Å². The molecule has 0 aliphatic carbocycles. The molecule has 4 heteroatoms. The first-order chi connectivity index (χ1) is 7.52. The summed E-state index contributed by atoms with van der Waals surface area (Å²) in [5.74, 6) is 0.359. The second kappa shape index (κ2) is 6.36. The predicted octanol–water partition coefficient (Wildman–Crippen LogP) is 1.42. The van der Waals surface area contributed by atoms with Crippen molar-refractivity contribution in [3.05, 3.63) is 0 Å². The molecule has 0 bridgehead atoms. The minimum atomic E-state index is -0.831. The SMILES string of the molecule is CC(C)CC(C)(O)CNC(=O)CCC(C)(C)N. The number of rotatable bonds is 7. The molecule has 1 amide bonds. The van der Waals surface area contributed by atoms with Gasteiger partial charge >= 0.3 is 0 Å². The van der Waals surface area contributed by atoms with Crippen LogP contribution in [0.25, 0.3) is 0 Å². The molecule has 0 saturated carbocycles. The fourth-order valence-corrected chi connectivity index (χ4v) is 1.76. The van der Waals surface area contributed by atoms with Crippen molar-refractivity contribution in [2.24, 2.45) is 11.7 Å². The van der Waals surface area contributed by atoms with Crippen LogP contribution in [-0.2, 0) is 4.79 Å². The van der Waals surface area contributed by atoms with Crippen LogP contribution < -0.4 is 11.1 Å². The zero-order valence-corrected chi connectivity index (χ0v) is 11.8. The third kappa shape index (κ3) is 10.3. The number of aliphatic hydroxyl groups is 1. The molecule has 4 nitrogen and oxygen atoms in total. The highest BCUT2D eigenvalue weighted by Gasteiger charge is 2.22. The van der Waals surface area contributed by atoms with Gasteiger partial charge in [0, 0.05) is 18.5 Å². The number of carbonyl (C=O) groups is 1. The summed E-state index contributed by atoms with van der Waals surface area (Å²) in [4.78, 5) is 11.5. The highest BCUT2D eigenvalue weighted by atomic mass is 16.3. The van der Waals surface area contributed by atoms with E-state index in [1.807, 2.05) is 27.7 Å². The van der Waals surface area contributed by atoms with Crippen molar-refractivity contribution in [2.45, 2.75) is 65.0 Å². The van der Waals surface area contributed by atoms with Crippen molar-refractivity contribution in [1.29, 1.82) is 0 Å². The van der Waals surface area contributed by atoms with Crippen LogP contribution in [0, 0.1) is 5.92 Å². The molecule has 0 aliphatic rings. The normalized spacial score (nSPS) is 15.8. The molecule has 0 saturated heterocycles. The van der Waals surface area contributed by atoms with Crippen LogP contribution in [0.4, 0.5) is 0 Å². The molecule has 0 heterocycles. The van der Waals surface area contributed by atoms with Gasteiger partial charge in [0.1, 0.15) is 0 Å². The van der Waals surface area contributed by atoms with Gasteiger partial charge in [0.25, 0.3) is 0 Å². The molecule has 1 atom stereocenters. The molecule has 17 heavy (non-hydrogen) atoms.